The van der Waals surface area contributed by atoms with Crippen LogP contribution in [0.25, 0.3) is 0 Å². The topological polar surface area (TPSA) is 50.2 Å². The molecule has 2 aliphatic rings. The first-order valence-electron chi connectivity index (χ1n) is 7.38. The number of thioether (sulfide) groups is 1. The normalized spacial score (nSPS) is 26.1. The van der Waals surface area contributed by atoms with Crippen molar-refractivity contribution in [1.82, 2.24) is 20.0 Å². The molecule has 0 saturated carbocycles. The molecule has 0 unspecified atom stereocenters. The molecule has 1 aromatic heterocycles. The van der Waals surface area contributed by atoms with E-state index in [9.17, 15) is 4.79 Å². The number of carbonyl (C=O) groups is 1. The summed E-state index contributed by atoms with van der Waals surface area (Å²) in [7, 11) is 1.92. The number of aryl methyl sites for hydroxylation is 1. The van der Waals surface area contributed by atoms with Gasteiger partial charge in [0.15, 0.2) is 0 Å². The third-order valence-electron chi connectivity index (χ3n) is 4.13. The minimum absolute atomic E-state index is 0.0869. The maximum absolute atomic E-state index is 12.4. The average Bonchev–Trinajstić information content (AvgIpc) is 3.16. The van der Waals surface area contributed by atoms with Gasteiger partial charge in [-0.15, -0.1) is 0 Å². The number of likely N-dealkylation sites (tertiary alicyclic amines) is 1. The van der Waals surface area contributed by atoms with Gasteiger partial charge < -0.3 is 10.2 Å². The van der Waals surface area contributed by atoms with Crippen LogP contribution in [0.5, 0.6) is 0 Å². The van der Waals surface area contributed by atoms with Crippen molar-refractivity contribution in [1.29, 1.82) is 0 Å². The van der Waals surface area contributed by atoms with Crippen LogP contribution in [-0.4, -0.2) is 44.8 Å². The lowest BCUT2D eigenvalue weighted by atomic mass is 10.1. The zero-order valence-corrected chi connectivity index (χ0v) is 12.7. The van der Waals surface area contributed by atoms with E-state index in [4.69, 9.17) is 0 Å². The second-order valence-corrected chi connectivity index (χ2v) is 7.03. The van der Waals surface area contributed by atoms with Crippen LogP contribution >= 0.6 is 11.8 Å². The van der Waals surface area contributed by atoms with E-state index in [0.29, 0.717) is 5.25 Å². The predicted octanol–water partition coefficient (Wildman–Crippen LogP) is 2.16. The Hall–Kier alpha value is -1.17. The van der Waals surface area contributed by atoms with Crippen molar-refractivity contribution in [3.8, 4) is 0 Å². The number of carbonyl (C=O) groups excluding carboxylic acids is 1. The van der Waals surface area contributed by atoms with Crippen LogP contribution in [0, 0.1) is 0 Å². The summed E-state index contributed by atoms with van der Waals surface area (Å²) in [6.07, 6.45) is 8.53. The third-order valence-corrected chi connectivity index (χ3v) is 5.53. The van der Waals surface area contributed by atoms with Gasteiger partial charge in [-0.1, -0.05) is 0 Å². The van der Waals surface area contributed by atoms with Gasteiger partial charge in [-0.3, -0.25) is 4.68 Å². The molecule has 5 nitrogen and oxygen atoms in total. The molecule has 2 atom stereocenters. The molecule has 0 aliphatic carbocycles. The highest BCUT2D eigenvalue weighted by atomic mass is 32.2. The van der Waals surface area contributed by atoms with Gasteiger partial charge in [0, 0.05) is 37.1 Å². The highest BCUT2D eigenvalue weighted by Gasteiger charge is 2.31. The Bertz CT molecular complexity index is 469. The van der Waals surface area contributed by atoms with E-state index in [1.165, 1.54) is 18.6 Å². The first-order chi connectivity index (χ1) is 9.74. The van der Waals surface area contributed by atoms with Gasteiger partial charge in [0.2, 0.25) is 0 Å². The van der Waals surface area contributed by atoms with Crippen LogP contribution in [0.1, 0.15) is 37.3 Å². The van der Waals surface area contributed by atoms with Gasteiger partial charge in [-0.25, -0.2) is 4.79 Å². The Labute approximate surface area is 124 Å². The summed E-state index contributed by atoms with van der Waals surface area (Å²) in [4.78, 5) is 14.3. The lowest BCUT2D eigenvalue weighted by Crippen LogP contribution is -2.41. The molecule has 2 aliphatic heterocycles. The Morgan fingerprint density at radius 1 is 1.50 bits per heavy atom. The number of urea groups is 1. The van der Waals surface area contributed by atoms with Crippen molar-refractivity contribution in [2.45, 2.75) is 37.0 Å². The number of aromatic nitrogens is 2. The Kier molecular flexibility index (Phi) is 4.19. The fourth-order valence-electron chi connectivity index (χ4n) is 3.08. The SMILES string of the molecule is Cn1cc([C@H]2CCCN2C(=O)NC[C@@H]2CCCS2)cn1. The molecule has 20 heavy (non-hydrogen) atoms. The number of nitrogens with one attached hydrogen (secondary N) is 1. The second kappa shape index (κ2) is 6.08. The summed E-state index contributed by atoms with van der Waals surface area (Å²) in [5.41, 5.74) is 1.15. The van der Waals surface area contributed by atoms with Crippen LogP contribution in [0.15, 0.2) is 12.4 Å². The minimum atomic E-state index is 0.0869. The van der Waals surface area contributed by atoms with E-state index in [1.54, 1.807) is 4.68 Å². The molecule has 1 N–H and O–H groups in total. The zero-order valence-electron chi connectivity index (χ0n) is 11.9. The predicted molar refractivity (Wildman–Crippen MR) is 80.8 cm³/mol. The molecule has 110 valence electrons. The van der Waals surface area contributed by atoms with Gasteiger partial charge in [0.05, 0.1) is 12.2 Å². The first-order valence-corrected chi connectivity index (χ1v) is 8.43. The summed E-state index contributed by atoms with van der Waals surface area (Å²) >= 11 is 1.98. The molecule has 1 aromatic rings. The first kappa shape index (κ1) is 13.8. The van der Waals surface area contributed by atoms with E-state index in [1.807, 2.05) is 36.1 Å². The maximum Gasteiger partial charge on any atom is 0.317 e. The summed E-state index contributed by atoms with van der Waals surface area (Å²) in [5, 5.41) is 7.94. The Morgan fingerprint density at radius 3 is 3.10 bits per heavy atom. The molecule has 2 fully saturated rings. The third kappa shape index (κ3) is 2.95. The molecular formula is C14H22N4OS. The van der Waals surface area contributed by atoms with E-state index < -0.39 is 0 Å². The smallest absolute Gasteiger partial charge is 0.317 e. The lowest BCUT2D eigenvalue weighted by molar-refractivity contribution is 0.193. The highest BCUT2D eigenvalue weighted by molar-refractivity contribution is 8.00. The van der Waals surface area contributed by atoms with Crippen molar-refractivity contribution in [3.63, 3.8) is 0 Å². The number of hydrogen-bond acceptors (Lipinski definition) is 3. The monoisotopic (exact) mass is 294 g/mol. The largest absolute Gasteiger partial charge is 0.337 e. The molecule has 0 radical (unpaired) electrons. The number of amides is 2. The zero-order chi connectivity index (χ0) is 13.9. The van der Waals surface area contributed by atoms with Crippen LogP contribution in [-0.2, 0) is 7.05 Å². The second-order valence-electron chi connectivity index (χ2n) is 5.62. The van der Waals surface area contributed by atoms with Crippen molar-refractivity contribution >= 4 is 17.8 Å². The molecule has 2 saturated heterocycles. The van der Waals surface area contributed by atoms with E-state index in [-0.39, 0.29) is 12.1 Å². The summed E-state index contributed by atoms with van der Waals surface area (Å²) in [5.74, 6) is 1.24. The van der Waals surface area contributed by atoms with Crippen molar-refractivity contribution in [2.24, 2.45) is 7.05 Å². The van der Waals surface area contributed by atoms with E-state index in [2.05, 4.69) is 10.4 Å². The van der Waals surface area contributed by atoms with Gasteiger partial charge in [-0.05, 0) is 31.4 Å². The van der Waals surface area contributed by atoms with Crippen LogP contribution in [0.2, 0.25) is 0 Å². The number of nitrogens with zero attached hydrogens (tertiary/aromatic N) is 3. The average molecular weight is 294 g/mol. The minimum Gasteiger partial charge on any atom is -0.337 e. The fourth-order valence-corrected chi connectivity index (χ4v) is 4.28. The van der Waals surface area contributed by atoms with Gasteiger partial charge in [0.1, 0.15) is 0 Å². The number of rotatable bonds is 3. The molecule has 0 aromatic carbocycles. The summed E-state index contributed by atoms with van der Waals surface area (Å²) in [6.45, 7) is 1.66. The van der Waals surface area contributed by atoms with Gasteiger partial charge >= 0.3 is 6.03 Å². The van der Waals surface area contributed by atoms with Crippen LogP contribution in [0.4, 0.5) is 4.79 Å². The Balaban J connectivity index is 1.58. The quantitative estimate of drug-likeness (QED) is 0.929. The van der Waals surface area contributed by atoms with Gasteiger partial charge in [-0.2, -0.15) is 16.9 Å². The molecule has 6 heteroatoms. The van der Waals surface area contributed by atoms with E-state index in [0.717, 1.165) is 31.5 Å². The lowest BCUT2D eigenvalue weighted by Gasteiger charge is -2.25. The molecule has 0 spiro atoms. The summed E-state index contributed by atoms with van der Waals surface area (Å²) < 4.78 is 1.80. The highest BCUT2D eigenvalue weighted by Crippen LogP contribution is 2.31. The molecule has 2 amide bonds. The van der Waals surface area contributed by atoms with Gasteiger partial charge in [0.25, 0.3) is 0 Å². The van der Waals surface area contributed by atoms with Crippen molar-refractivity contribution < 1.29 is 4.79 Å². The molecule has 3 heterocycles. The summed E-state index contributed by atoms with van der Waals surface area (Å²) in [6, 6.07) is 0.281. The fraction of sp³-hybridized carbons (Fsp3) is 0.714. The maximum atomic E-state index is 12.4. The molecule has 3 rings (SSSR count). The standard InChI is InChI=1S/C14H22N4OS/c1-17-10-11(8-16-17)13-5-2-6-18(13)14(19)15-9-12-4-3-7-20-12/h8,10,12-13H,2-7,9H2,1H3,(H,15,19)/t12-,13+/m0/s1. The Morgan fingerprint density at radius 2 is 2.40 bits per heavy atom. The van der Waals surface area contributed by atoms with Crippen molar-refractivity contribution in [2.75, 3.05) is 18.8 Å². The number of hydrogen-bond donors (Lipinski definition) is 1. The van der Waals surface area contributed by atoms with Crippen LogP contribution < -0.4 is 5.32 Å². The van der Waals surface area contributed by atoms with E-state index >= 15 is 0 Å². The van der Waals surface area contributed by atoms with Crippen molar-refractivity contribution in [3.05, 3.63) is 18.0 Å². The molecular weight excluding hydrogens is 272 g/mol. The van der Waals surface area contributed by atoms with Crippen LogP contribution in [0.3, 0.4) is 0 Å². The molecule has 0 bridgehead atoms.